The van der Waals surface area contributed by atoms with Crippen LogP contribution in [0.25, 0.3) is 22.2 Å². The summed E-state index contributed by atoms with van der Waals surface area (Å²) in [4.78, 5) is 39.6. The summed E-state index contributed by atoms with van der Waals surface area (Å²) in [5, 5.41) is 16.0. The number of nitro groups is 1. The molecule has 0 atom stereocenters. The highest BCUT2D eigenvalue weighted by atomic mass is 35.5. The van der Waals surface area contributed by atoms with Crippen LogP contribution in [0.2, 0.25) is 5.02 Å². The number of hydrogen-bond donors (Lipinski definition) is 1. The Bertz CT molecular complexity index is 2150. The van der Waals surface area contributed by atoms with Gasteiger partial charge in [0.2, 0.25) is 5.95 Å². The van der Waals surface area contributed by atoms with Crippen LogP contribution in [0, 0.1) is 10.1 Å². The van der Waals surface area contributed by atoms with E-state index in [-0.39, 0.29) is 27.6 Å². The largest absolute Gasteiger partial charge is 0.368 e. The molecular formula is C35H37ClN8O5S. The number of benzene rings is 3. The smallest absolute Gasteiger partial charge is 0.292 e. The van der Waals surface area contributed by atoms with Gasteiger partial charge in [-0.1, -0.05) is 48.0 Å². The lowest BCUT2D eigenvalue weighted by Crippen LogP contribution is -2.42. The summed E-state index contributed by atoms with van der Waals surface area (Å²) in [6.45, 7) is 2.19. The van der Waals surface area contributed by atoms with Crippen LogP contribution >= 0.6 is 11.6 Å². The van der Waals surface area contributed by atoms with E-state index in [1.807, 2.05) is 31.1 Å². The van der Waals surface area contributed by atoms with Gasteiger partial charge in [-0.15, -0.1) is 0 Å². The number of nitrogens with one attached hydrogen (secondary N) is 1. The van der Waals surface area contributed by atoms with Crippen molar-refractivity contribution in [2.24, 2.45) is 0 Å². The minimum atomic E-state index is -3.90. The highest BCUT2D eigenvalue weighted by Gasteiger charge is 2.28. The number of nitrogens with zero attached hydrogens (tertiary/aromatic N) is 7. The first-order chi connectivity index (χ1) is 23.9. The van der Waals surface area contributed by atoms with E-state index < -0.39 is 14.9 Å². The Morgan fingerprint density at radius 2 is 1.72 bits per heavy atom. The van der Waals surface area contributed by atoms with Gasteiger partial charge in [0.1, 0.15) is 5.69 Å². The van der Waals surface area contributed by atoms with Crippen LogP contribution in [-0.2, 0) is 10.0 Å². The summed E-state index contributed by atoms with van der Waals surface area (Å²) < 4.78 is 28.5. The third-order valence-electron chi connectivity index (χ3n) is 8.81. The summed E-state index contributed by atoms with van der Waals surface area (Å²) in [6.07, 6.45) is 4.26. The van der Waals surface area contributed by atoms with Gasteiger partial charge in [0.25, 0.3) is 21.6 Å². The zero-order valence-electron chi connectivity index (χ0n) is 27.9. The number of carbonyl (C=O) groups excluding carboxylic acids is 1. The summed E-state index contributed by atoms with van der Waals surface area (Å²) in [5.41, 5.74) is 2.18. The van der Waals surface area contributed by atoms with E-state index >= 15 is 0 Å². The molecule has 3 aromatic carbocycles. The number of para-hydroxylation sites is 1. The summed E-state index contributed by atoms with van der Waals surface area (Å²) in [6, 6.07) is 19.9. The standard InChI is InChI=1S/C35H37ClN8O5S/c1-40(2)19-20-41(3)32-21-24(13-14-31(32)44(46)47)34(45)42-17-15-25(16-18-42)38-35-37-22-29(36)33(39-35)28-23-43(30-12-8-7-11-27(28)30)50(48,49)26-9-5-4-6-10-26/h4-14,21-23,25H,15-20H2,1-3H3,(H,37,38,39). The van der Waals surface area contributed by atoms with Gasteiger partial charge in [0.15, 0.2) is 0 Å². The Balaban J connectivity index is 1.18. The lowest BCUT2D eigenvalue weighted by Gasteiger charge is -2.32. The molecule has 1 aliphatic heterocycles. The van der Waals surface area contributed by atoms with E-state index in [1.54, 1.807) is 71.6 Å². The number of piperidine rings is 1. The second-order valence-electron chi connectivity index (χ2n) is 12.5. The van der Waals surface area contributed by atoms with Gasteiger partial charge >= 0.3 is 0 Å². The highest BCUT2D eigenvalue weighted by molar-refractivity contribution is 7.90. The summed E-state index contributed by atoms with van der Waals surface area (Å²) in [7, 11) is 1.74. The third-order valence-corrected chi connectivity index (χ3v) is 10.8. The fraction of sp³-hybridized carbons (Fsp3) is 0.286. The quantitative estimate of drug-likeness (QED) is 0.135. The molecule has 6 rings (SSSR count). The monoisotopic (exact) mass is 716 g/mol. The van der Waals surface area contributed by atoms with Crippen LogP contribution < -0.4 is 10.2 Å². The van der Waals surface area contributed by atoms with Gasteiger partial charge in [-0.2, -0.15) is 0 Å². The van der Waals surface area contributed by atoms with E-state index in [0.29, 0.717) is 78.4 Å². The van der Waals surface area contributed by atoms with E-state index in [2.05, 4.69) is 10.3 Å². The van der Waals surface area contributed by atoms with Crippen molar-refractivity contribution in [3.8, 4) is 11.3 Å². The number of anilines is 2. The SMILES string of the molecule is CN(C)CCN(C)c1cc(C(=O)N2CCC(Nc3ncc(Cl)c(-c4cn(S(=O)(=O)c5ccccc5)c5ccccc45)n3)CC2)ccc1[N+](=O)[O-]. The lowest BCUT2D eigenvalue weighted by atomic mass is 10.0. The van der Waals surface area contributed by atoms with Crippen LogP contribution in [0.5, 0.6) is 0 Å². The molecular weight excluding hydrogens is 680 g/mol. The van der Waals surface area contributed by atoms with Crippen molar-refractivity contribution in [3.63, 3.8) is 0 Å². The third kappa shape index (κ3) is 7.13. The van der Waals surface area contributed by atoms with Gasteiger partial charge in [-0.05, 0) is 57.3 Å². The number of aromatic nitrogens is 3. The van der Waals surface area contributed by atoms with Gasteiger partial charge in [0, 0.05) is 68.0 Å². The predicted octanol–water partition coefficient (Wildman–Crippen LogP) is 5.61. The Morgan fingerprint density at radius 3 is 2.42 bits per heavy atom. The molecule has 13 nitrogen and oxygen atoms in total. The molecule has 0 bridgehead atoms. The molecule has 1 saturated heterocycles. The second-order valence-corrected chi connectivity index (χ2v) is 14.7. The Labute approximate surface area is 295 Å². The molecule has 3 heterocycles. The van der Waals surface area contributed by atoms with Gasteiger partial charge in [0.05, 0.1) is 32.2 Å². The van der Waals surface area contributed by atoms with Crippen molar-refractivity contribution < 1.29 is 18.1 Å². The molecule has 5 aromatic rings. The Kier molecular flexibility index (Phi) is 10.0. The maximum absolute atomic E-state index is 13.6. The van der Waals surface area contributed by atoms with Crippen molar-refractivity contribution in [2.45, 2.75) is 23.8 Å². The average molecular weight is 717 g/mol. The molecule has 1 fully saturated rings. The molecule has 2 aromatic heterocycles. The second kappa shape index (κ2) is 14.4. The lowest BCUT2D eigenvalue weighted by molar-refractivity contribution is -0.384. The van der Waals surface area contributed by atoms with E-state index in [9.17, 15) is 23.3 Å². The minimum absolute atomic E-state index is 0.0440. The number of nitro benzene ring substituents is 1. The molecule has 0 radical (unpaired) electrons. The normalized spacial score (nSPS) is 13.9. The summed E-state index contributed by atoms with van der Waals surface area (Å²) >= 11 is 6.62. The fourth-order valence-electron chi connectivity index (χ4n) is 6.05. The first kappa shape index (κ1) is 34.8. The van der Waals surface area contributed by atoms with Crippen molar-refractivity contribution in [3.05, 3.63) is 106 Å². The molecule has 1 N–H and O–H groups in total. The molecule has 15 heteroatoms. The number of likely N-dealkylation sites (tertiary alicyclic amines) is 1. The zero-order valence-corrected chi connectivity index (χ0v) is 29.4. The van der Waals surface area contributed by atoms with Crippen molar-refractivity contribution >= 4 is 55.8 Å². The topological polar surface area (TPSA) is 147 Å². The summed E-state index contributed by atoms with van der Waals surface area (Å²) in [5.74, 6) is 0.144. The maximum atomic E-state index is 13.6. The molecule has 0 spiro atoms. The first-order valence-electron chi connectivity index (χ1n) is 16.1. The predicted molar refractivity (Wildman–Crippen MR) is 194 cm³/mol. The number of fused-ring (bicyclic) bond motifs is 1. The van der Waals surface area contributed by atoms with Crippen molar-refractivity contribution in [1.82, 2.24) is 23.7 Å². The molecule has 0 unspecified atom stereocenters. The number of halogens is 1. The van der Waals surface area contributed by atoms with Crippen molar-refractivity contribution in [1.29, 1.82) is 0 Å². The van der Waals surface area contributed by atoms with Crippen molar-refractivity contribution in [2.75, 3.05) is 57.5 Å². The molecule has 260 valence electrons. The van der Waals surface area contributed by atoms with Crippen LogP contribution in [0.1, 0.15) is 23.2 Å². The van der Waals surface area contributed by atoms with E-state index in [1.165, 1.54) is 22.3 Å². The molecule has 1 amide bonds. The van der Waals surface area contributed by atoms with Crippen LogP contribution in [0.3, 0.4) is 0 Å². The zero-order chi connectivity index (χ0) is 35.6. The Hall–Kier alpha value is -5.05. The number of carbonyl (C=O) groups is 1. The van der Waals surface area contributed by atoms with Crippen LogP contribution in [-0.4, -0.2) is 96.4 Å². The van der Waals surface area contributed by atoms with Gasteiger partial charge in [-0.25, -0.2) is 22.4 Å². The number of amides is 1. The average Bonchev–Trinajstić information content (AvgIpc) is 3.52. The van der Waals surface area contributed by atoms with E-state index in [0.717, 1.165) is 0 Å². The molecule has 50 heavy (non-hydrogen) atoms. The Morgan fingerprint density at radius 1 is 1.02 bits per heavy atom. The molecule has 1 aliphatic rings. The van der Waals surface area contributed by atoms with Crippen LogP contribution in [0.4, 0.5) is 17.3 Å². The fourth-order valence-corrected chi connectivity index (χ4v) is 7.63. The van der Waals surface area contributed by atoms with Gasteiger partial charge in [-0.3, -0.25) is 14.9 Å². The number of likely N-dealkylation sites (N-methyl/N-ethyl adjacent to an activating group) is 2. The van der Waals surface area contributed by atoms with E-state index in [4.69, 9.17) is 16.6 Å². The highest BCUT2D eigenvalue weighted by Crippen LogP contribution is 2.36. The molecule has 0 aliphatic carbocycles. The van der Waals surface area contributed by atoms with Crippen LogP contribution in [0.15, 0.2) is 90.1 Å². The minimum Gasteiger partial charge on any atom is -0.368 e. The molecule has 0 saturated carbocycles. The maximum Gasteiger partial charge on any atom is 0.292 e. The number of hydrogen-bond acceptors (Lipinski definition) is 10. The number of rotatable bonds is 11. The van der Waals surface area contributed by atoms with Gasteiger partial charge < -0.3 is 20.0 Å². The first-order valence-corrected chi connectivity index (χ1v) is 17.9.